The molecule has 0 aliphatic carbocycles. The Kier molecular flexibility index (Phi) is 11.0. The summed E-state index contributed by atoms with van der Waals surface area (Å²) in [5.74, 6) is 0.673. The standard InChI is InChI=1S/C38H49N7O3/c1-37(2,3)41-23-25-48-29-18-16-27(17-19-29)36(47)40-22-11-24-45-35-30-13-8-7-12-28(30)26-44(33(46)20-21-38(4,5)39-6)32-15-10-9-14-31(32)34(35)42-43-45/h7-10,12-19,39,41H,11,20-26H2,1-6H3,(H,40,47). The highest BCUT2D eigenvalue weighted by atomic mass is 16.5. The van der Waals surface area contributed by atoms with Crippen molar-refractivity contribution >= 4 is 17.5 Å². The monoisotopic (exact) mass is 651 g/mol. The molecule has 0 bridgehead atoms. The molecule has 3 N–H and O–H groups in total. The lowest BCUT2D eigenvalue weighted by molar-refractivity contribution is -0.119. The fourth-order valence-electron chi connectivity index (χ4n) is 5.70. The van der Waals surface area contributed by atoms with Crippen LogP contribution in [0.1, 0.15) is 69.8 Å². The molecule has 2 heterocycles. The molecule has 0 spiro atoms. The summed E-state index contributed by atoms with van der Waals surface area (Å²) in [4.78, 5) is 28.5. The van der Waals surface area contributed by atoms with E-state index in [0.717, 1.165) is 52.5 Å². The van der Waals surface area contributed by atoms with Gasteiger partial charge in [0.15, 0.2) is 0 Å². The normalized spacial score (nSPS) is 12.8. The molecule has 10 nitrogen and oxygen atoms in total. The number of amides is 2. The zero-order chi connectivity index (χ0) is 34.3. The Labute approximate surface area is 284 Å². The van der Waals surface area contributed by atoms with Crippen LogP contribution < -0.4 is 25.6 Å². The minimum absolute atomic E-state index is 0.0421. The van der Waals surface area contributed by atoms with E-state index in [1.807, 2.05) is 65.2 Å². The summed E-state index contributed by atoms with van der Waals surface area (Å²) in [6.07, 6.45) is 1.80. The number of hydrogen-bond donors (Lipinski definition) is 3. The number of hydrogen-bond acceptors (Lipinski definition) is 7. The summed E-state index contributed by atoms with van der Waals surface area (Å²) < 4.78 is 7.72. The summed E-state index contributed by atoms with van der Waals surface area (Å²) in [5.41, 5.74) is 5.88. The van der Waals surface area contributed by atoms with Crippen LogP contribution in [0.2, 0.25) is 0 Å². The number of rotatable bonds is 13. The second kappa shape index (κ2) is 15.1. The van der Waals surface area contributed by atoms with Crippen molar-refractivity contribution < 1.29 is 14.3 Å². The Bertz CT molecular complexity index is 1710. The van der Waals surface area contributed by atoms with Crippen molar-refractivity contribution in [3.8, 4) is 28.3 Å². The lowest BCUT2D eigenvalue weighted by Crippen LogP contribution is -2.39. The minimum atomic E-state index is -0.144. The Morgan fingerprint density at radius 1 is 0.896 bits per heavy atom. The van der Waals surface area contributed by atoms with Crippen LogP contribution in [0.5, 0.6) is 5.75 Å². The van der Waals surface area contributed by atoms with Crippen LogP contribution in [0, 0.1) is 0 Å². The number of carbonyl (C=O) groups is 2. The average molecular weight is 652 g/mol. The van der Waals surface area contributed by atoms with Gasteiger partial charge in [0.05, 0.1) is 17.9 Å². The Balaban J connectivity index is 1.27. The zero-order valence-electron chi connectivity index (χ0n) is 29.1. The van der Waals surface area contributed by atoms with E-state index < -0.39 is 0 Å². The van der Waals surface area contributed by atoms with E-state index in [1.165, 1.54) is 0 Å². The van der Waals surface area contributed by atoms with Crippen molar-refractivity contribution in [2.24, 2.45) is 0 Å². The van der Waals surface area contributed by atoms with E-state index in [4.69, 9.17) is 4.74 Å². The molecule has 3 aromatic carbocycles. The summed E-state index contributed by atoms with van der Waals surface area (Å²) in [6, 6.07) is 23.3. The highest BCUT2D eigenvalue weighted by Gasteiger charge is 2.29. The van der Waals surface area contributed by atoms with Gasteiger partial charge in [-0.05, 0) is 90.4 Å². The van der Waals surface area contributed by atoms with Gasteiger partial charge in [0.2, 0.25) is 5.91 Å². The number of nitrogens with zero attached hydrogens (tertiary/aromatic N) is 4. The van der Waals surface area contributed by atoms with Crippen LogP contribution in [-0.4, -0.2) is 64.6 Å². The molecule has 1 aliphatic heterocycles. The first-order chi connectivity index (χ1) is 23.0. The molecule has 254 valence electrons. The van der Waals surface area contributed by atoms with Crippen LogP contribution in [0.3, 0.4) is 0 Å². The van der Waals surface area contributed by atoms with Gasteiger partial charge in [0, 0.05) is 53.8 Å². The van der Waals surface area contributed by atoms with Gasteiger partial charge >= 0.3 is 0 Å². The molecule has 0 atom stereocenters. The van der Waals surface area contributed by atoms with Crippen molar-refractivity contribution in [2.75, 3.05) is 31.6 Å². The van der Waals surface area contributed by atoms with Gasteiger partial charge < -0.3 is 25.6 Å². The largest absolute Gasteiger partial charge is 0.492 e. The smallest absolute Gasteiger partial charge is 0.251 e. The second-order valence-electron chi connectivity index (χ2n) is 14.0. The van der Waals surface area contributed by atoms with Crippen molar-refractivity contribution in [1.82, 2.24) is 30.9 Å². The molecule has 0 saturated carbocycles. The molecule has 0 fully saturated rings. The van der Waals surface area contributed by atoms with Gasteiger partial charge in [0.25, 0.3) is 5.91 Å². The van der Waals surface area contributed by atoms with Crippen LogP contribution in [-0.2, 0) is 17.9 Å². The topological polar surface area (TPSA) is 113 Å². The van der Waals surface area contributed by atoms with Crippen molar-refractivity contribution in [1.29, 1.82) is 0 Å². The summed E-state index contributed by atoms with van der Waals surface area (Å²) in [6.45, 7) is 13.4. The maximum absolute atomic E-state index is 13.8. The lowest BCUT2D eigenvalue weighted by Gasteiger charge is -2.30. The number of ether oxygens (including phenoxy) is 1. The highest BCUT2D eigenvalue weighted by Crippen LogP contribution is 2.41. The fraction of sp³-hybridized carbons (Fsp3) is 0.421. The molecule has 0 radical (unpaired) electrons. The highest BCUT2D eigenvalue weighted by molar-refractivity contribution is 6.00. The van der Waals surface area contributed by atoms with E-state index in [0.29, 0.717) is 44.6 Å². The third kappa shape index (κ3) is 8.67. The predicted molar refractivity (Wildman–Crippen MR) is 191 cm³/mol. The molecular formula is C38H49N7O3. The summed E-state index contributed by atoms with van der Waals surface area (Å²) >= 11 is 0. The molecule has 5 rings (SSSR count). The summed E-state index contributed by atoms with van der Waals surface area (Å²) in [7, 11) is 1.92. The van der Waals surface area contributed by atoms with E-state index in [1.54, 1.807) is 12.1 Å². The Morgan fingerprint density at radius 3 is 2.33 bits per heavy atom. The maximum Gasteiger partial charge on any atom is 0.251 e. The molecule has 0 unspecified atom stereocenters. The van der Waals surface area contributed by atoms with Gasteiger partial charge in [-0.15, -0.1) is 5.10 Å². The molecule has 1 aliphatic rings. The number of para-hydroxylation sites is 1. The Hall–Kier alpha value is -4.54. The van der Waals surface area contributed by atoms with Crippen molar-refractivity contribution in [3.05, 3.63) is 83.9 Å². The third-order valence-corrected chi connectivity index (χ3v) is 8.70. The first-order valence-electron chi connectivity index (χ1n) is 16.8. The van der Waals surface area contributed by atoms with E-state index >= 15 is 0 Å². The first kappa shape index (κ1) is 34.8. The molecule has 0 saturated heterocycles. The third-order valence-electron chi connectivity index (χ3n) is 8.70. The first-order valence-corrected chi connectivity index (χ1v) is 16.8. The number of fused-ring (bicyclic) bond motifs is 5. The van der Waals surface area contributed by atoms with Gasteiger partial charge in [-0.2, -0.15) is 0 Å². The zero-order valence-corrected chi connectivity index (χ0v) is 29.1. The number of carbonyl (C=O) groups excluding carboxylic acids is 2. The number of anilines is 1. The van der Waals surface area contributed by atoms with Crippen LogP contribution >= 0.6 is 0 Å². The quantitative estimate of drug-likeness (QED) is 0.156. The predicted octanol–water partition coefficient (Wildman–Crippen LogP) is 5.82. The van der Waals surface area contributed by atoms with E-state index in [9.17, 15) is 9.59 Å². The second-order valence-corrected chi connectivity index (χ2v) is 14.0. The minimum Gasteiger partial charge on any atom is -0.492 e. The fourth-order valence-corrected chi connectivity index (χ4v) is 5.70. The molecule has 48 heavy (non-hydrogen) atoms. The SMILES string of the molecule is CNC(C)(C)CCC(=O)N1Cc2ccccc2-c2c(nnn2CCCNC(=O)c2ccc(OCCNC(C)(C)C)cc2)-c2ccccc21. The number of aromatic nitrogens is 3. The average Bonchev–Trinajstić information content (AvgIpc) is 3.48. The van der Waals surface area contributed by atoms with E-state index in [2.05, 4.69) is 73.0 Å². The van der Waals surface area contributed by atoms with Gasteiger partial charge in [-0.3, -0.25) is 9.59 Å². The lowest BCUT2D eigenvalue weighted by atomic mass is 9.94. The van der Waals surface area contributed by atoms with Crippen molar-refractivity contribution in [2.45, 2.75) is 78.0 Å². The Morgan fingerprint density at radius 2 is 1.60 bits per heavy atom. The number of nitrogens with one attached hydrogen (secondary N) is 3. The van der Waals surface area contributed by atoms with Crippen molar-refractivity contribution in [3.63, 3.8) is 0 Å². The molecule has 4 aromatic rings. The summed E-state index contributed by atoms with van der Waals surface area (Å²) in [5, 5.41) is 19.0. The van der Waals surface area contributed by atoms with Gasteiger partial charge in [-0.25, -0.2) is 4.68 Å². The maximum atomic E-state index is 13.8. The van der Waals surface area contributed by atoms with Gasteiger partial charge in [-0.1, -0.05) is 47.7 Å². The van der Waals surface area contributed by atoms with Crippen LogP contribution in [0.15, 0.2) is 72.8 Å². The van der Waals surface area contributed by atoms with Crippen LogP contribution in [0.4, 0.5) is 5.69 Å². The van der Waals surface area contributed by atoms with E-state index in [-0.39, 0.29) is 22.9 Å². The number of aryl methyl sites for hydroxylation is 1. The molecule has 1 aromatic heterocycles. The molecule has 2 amide bonds. The van der Waals surface area contributed by atoms with Crippen LogP contribution in [0.25, 0.3) is 22.5 Å². The number of benzene rings is 3. The van der Waals surface area contributed by atoms with Gasteiger partial charge in [0.1, 0.15) is 18.1 Å². The molecule has 10 heteroatoms. The molecular weight excluding hydrogens is 602 g/mol.